The molecule has 0 aliphatic rings. The lowest BCUT2D eigenvalue weighted by Gasteiger charge is -2.12. The van der Waals surface area contributed by atoms with Gasteiger partial charge in [0.25, 0.3) is 0 Å². The Hall–Kier alpha value is -1.62. The van der Waals surface area contributed by atoms with Crippen molar-refractivity contribution in [3.63, 3.8) is 0 Å². The number of aromatic nitrogens is 1. The first kappa shape index (κ1) is 12.8. The molecule has 0 aliphatic carbocycles. The number of fused-ring (bicyclic) bond motifs is 1. The molecule has 0 fully saturated rings. The number of hydrogen-bond acceptors (Lipinski definition) is 4. The minimum Gasteiger partial charge on any atom is -0.480 e. The molecule has 1 aromatic heterocycles. The normalized spacial score (nSPS) is 12.5. The van der Waals surface area contributed by atoms with Crippen LogP contribution in [-0.2, 0) is 4.79 Å². The van der Waals surface area contributed by atoms with Gasteiger partial charge in [-0.2, -0.15) is 0 Å². The van der Waals surface area contributed by atoms with Gasteiger partial charge >= 0.3 is 5.97 Å². The Balaban J connectivity index is 2.12. The van der Waals surface area contributed by atoms with Gasteiger partial charge in [-0.25, -0.2) is 9.78 Å². The molecule has 5 heteroatoms. The molecular formula is C13H16N2O2S. The van der Waals surface area contributed by atoms with Crippen molar-refractivity contribution < 1.29 is 9.90 Å². The second-order valence-electron chi connectivity index (χ2n) is 4.16. The fourth-order valence-electron chi connectivity index (χ4n) is 1.75. The second-order valence-corrected chi connectivity index (χ2v) is 5.19. The Morgan fingerprint density at radius 3 is 2.94 bits per heavy atom. The molecular weight excluding hydrogens is 248 g/mol. The molecule has 4 nitrogen and oxygen atoms in total. The molecule has 2 N–H and O–H groups in total. The number of carbonyl (C=O) groups is 1. The molecule has 0 unspecified atom stereocenters. The maximum Gasteiger partial charge on any atom is 0.326 e. The number of carboxylic acid groups (broad SMARTS) is 1. The van der Waals surface area contributed by atoms with Gasteiger partial charge in [-0.15, -0.1) is 0 Å². The van der Waals surface area contributed by atoms with Crippen LogP contribution in [0.5, 0.6) is 0 Å². The molecule has 0 amide bonds. The zero-order valence-electron chi connectivity index (χ0n) is 10.2. The number of nitrogens with zero attached hydrogens (tertiary/aromatic N) is 1. The highest BCUT2D eigenvalue weighted by Crippen LogP contribution is 2.26. The van der Waals surface area contributed by atoms with Gasteiger partial charge < -0.3 is 10.4 Å². The molecule has 1 aromatic carbocycles. The van der Waals surface area contributed by atoms with Gasteiger partial charge in [0.15, 0.2) is 5.13 Å². The maximum atomic E-state index is 11.1. The van der Waals surface area contributed by atoms with Crippen LogP contribution in [-0.4, -0.2) is 22.1 Å². The van der Waals surface area contributed by atoms with Crippen LogP contribution in [0.1, 0.15) is 26.2 Å². The zero-order chi connectivity index (χ0) is 13.0. The molecule has 96 valence electrons. The summed E-state index contributed by atoms with van der Waals surface area (Å²) < 4.78 is 1.07. The van der Waals surface area contributed by atoms with Gasteiger partial charge in [0.05, 0.1) is 10.2 Å². The number of thiazole rings is 1. The average Bonchev–Trinajstić information content (AvgIpc) is 2.76. The van der Waals surface area contributed by atoms with Crippen LogP contribution in [0.4, 0.5) is 5.13 Å². The molecule has 2 aromatic rings. The van der Waals surface area contributed by atoms with E-state index >= 15 is 0 Å². The average molecular weight is 264 g/mol. The summed E-state index contributed by atoms with van der Waals surface area (Å²) in [5, 5.41) is 12.8. The van der Waals surface area contributed by atoms with Crippen molar-refractivity contribution in [1.82, 2.24) is 4.98 Å². The number of para-hydroxylation sites is 1. The lowest BCUT2D eigenvalue weighted by atomic mass is 10.1. The fourth-order valence-corrected chi connectivity index (χ4v) is 2.67. The summed E-state index contributed by atoms with van der Waals surface area (Å²) in [6, 6.07) is 7.25. The maximum absolute atomic E-state index is 11.1. The van der Waals surface area contributed by atoms with E-state index in [9.17, 15) is 4.79 Å². The highest BCUT2D eigenvalue weighted by atomic mass is 32.1. The summed E-state index contributed by atoms with van der Waals surface area (Å²) in [5.41, 5.74) is 0.907. The first-order valence-corrected chi connectivity index (χ1v) is 6.87. The lowest BCUT2D eigenvalue weighted by Crippen LogP contribution is -2.28. The van der Waals surface area contributed by atoms with E-state index in [1.807, 2.05) is 24.3 Å². The number of unbranched alkanes of at least 4 members (excludes halogenated alkanes) is 1. The van der Waals surface area contributed by atoms with Crippen molar-refractivity contribution in [2.24, 2.45) is 0 Å². The number of carboxylic acids is 1. The van der Waals surface area contributed by atoms with Crippen LogP contribution in [0.15, 0.2) is 24.3 Å². The van der Waals surface area contributed by atoms with Crippen LogP contribution >= 0.6 is 11.3 Å². The third-order valence-corrected chi connectivity index (χ3v) is 3.70. The van der Waals surface area contributed by atoms with E-state index in [1.54, 1.807) is 0 Å². The second kappa shape index (κ2) is 5.82. The minimum absolute atomic E-state index is 0.550. The summed E-state index contributed by atoms with van der Waals surface area (Å²) in [4.78, 5) is 15.5. The monoisotopic (exact) mass is 264 g/mol. The van der Waals surface area contributed by atoms with Gasteiger partial charge in [0.2, 0.25) is 0 Å². The van der Waals surface area contributed by atoms with E-state index < -0.39 is 12.0 Å². The molecule has 0 spiro atoms. The SMILES string of the molecule is CCCC[C@H](Nc1nc2ccccc2s1)C(=O)O. The Kier molecular flexibility index (Phi) is 4.15. The molecule has 0 saturated carbocycles. The quantitative estimate of drug-likeness (QED) is 0.840. The molecule has 0 radical (unpaired) electrons. The van der Waals surface area contributed by atoms with Gasteiger partial charge in [0, 0.05) is 0 Å². The van der Waals surface area contributed by atoms with Crippen molar-refractivity contribution in [1.29, 1.82) is 0 Å². The van der Waals surface area contributed by atoms with Crippen molar-refractivity contribution in [2.75, 3.05) is 5.32 Å². The zero-order valence-corrected chi connectivity index (χ0v) is 11.0. The molecule has 0 saturated heterocycles. The molecule has 1 atom stereocenters. The largest absolute Gasteiger partial charge is 0.480 e. The smallest absolute Gasteiger partial charge is 0.326 e. The molecule has 2 rings (SSSR count). The minimum atomic E-state index is -0.817. The van der Waals surface area contributed by atoms with Crippen molar-refractivity contribution >= 4 is 32.7 Å². The number of hydrogen-bond donors (Lipinski definition) is 2. The van der Waals surface area contributed by atoms with E-state index in [4.69, 9.17) is 5.11 Å². The van der Waals surface area contributed by atoms with Gasteiger partial charge in [-0.1, -0.05) is 43.2 Å². The molecule has 1 heterocycles. The molecule has 0 bridgehead atoms. The Bertz CT molecular complexity index is 506. The summed E-state index contributed by atoms with van der Waals surface area (Å²) in [5.74, 6) is -0.817. The van der Waals surface area contributed by atoms with E-state index in [1.165, 1.54) is 11.3 Å². The number of benzene rings is 1. The predicted molar refractivity (Wildman–Crippen MR) is 74.2 cm³/mol. The summed E-state index contributed by atoms with van der Waals surface area (Å²) in [6.45, 7) is 2.05. The van der Waals surface area contributed by atoms with E-state index in [0.29, 0.717) is 11.6 Å². The van der Waals surface area contributed by atoms with Crippen LogP contribution in [0.2, 0.25) is 0 Å². The number of aliphatic carboxylic acids is 1. The summed E-state index contributed by atoms with van der Waals surface area (Å²) in [7, 11) is 0. The van der Waals surface area contributed by atoms with E-state index in [2.05, 4.69) is 17.2 Å². The van der Waals surface area contributed by atoms with Crippen molar-refractivity contribution in [3.8, 4) is 0 Å². The number of rotatable bonds is 6. The Labute approximate surface area is 110 Å². The van der Waals surface area contributed by atoms with Gasteiger partial charge in [-0.3, -0.25) is 0 Å². The van der Waals surface area contributed by atoms with Crippen LogP contribution < -0.4 is 5.32 Å². The third kappa shape index (κ3) is 2.98. The summed E-state index contributed by atoms with van der Waals surface area (Å²) >= 11 is 1.49. The topological polar surface area (TPSA) is 62.2 Å². The third-order valence-electron chi connectivity index (χ3n) is 2.74. The number of nitrogens with one attached hydrogen (secondary N) is 1. The van der Waals surface area contributed by atoms with E-state index in [-0.39, 0.29) is 0 Å². The highest BCUT2D eigenvalue weighted by Gasteiger charge is 2.17. The highest BCUT2D eigenvalue weighted by molar-refractivity contribution is 7.22. The first-order chi connectivity index (χ1) is 8.70. The Morgan fingerprint density at radius 1 is 1.50 bits per heavy atom. The molecule has 0 aliphatic heterocycles. The van der Waals surface area contributed by atoms with Gasteiger partial charge in [0.1, 0.15) is 6.04 Å². The fraction of sp³-hybridized carbons (Fsp3) is 0.385. The number of anilines is 1. The van der Waals surface area contributed by atoms with Crippen molar-refractivity contribution in [2.45, 2.75) is 32.2 Å². The predicted octanol–water partition coefficient (Wildman–Crippen LogP) is 3.35. The standard InChI is InChI=1S/C13H16N2O2S/c1-2-3-6-10(12(16)17)15-13-14-9-7-4-5-8-11(9)18-13/h4-5,7-8,10H,2-3,6H2,1H3,(H,14,15)(H,16,17)/t10-/m0/s1. The first-order valence-electron chi connectivity index (χ1n) is 6.05. The van der Waals surface area contributed by atoms with Gasteiger partial charge in [-0.05, 0) is 18.6 Å². The van der Waals surface area contributed by atoms with Crippen LogP contribution in [0, 0.1) is 0 Å². The summed E-state index contributed by atoms with van der Waals surface area (Å²) in [6.07, 6.45) is 2.52. The van der Waals surface area contributed by atoms with Crippen LogP contribution in [0.25, 0.3) is 10.2 Å². The van der Waals surface area contributed by atoms with Crippen molar-refractivity contribution in [3.05, 3.63) is 24.3 Å². The Morgan fingerprint density at radius 2 is 2.28 bits per heavy atom. The van der Waals surface area contributed by atoms with Crippen LogP contribution in [0.3, 0.4) is 0 Å². The lowest BCUT2D eigenvalue weighted by molar-refractivity contribution is -0.138. The van der Waals surface area contributed by atoms with E-state index in [0.717, 1.165) is 23.1 Å². The molecule has 18 heavy (non-hydrogen) atoms.